The molecule has 2 saturated heterocycles. The summed E-state index contributed by atoms with van der Waals surface area (Å²) >= 11 is 0. The first-order valence-corrected chi connectivity index (χ1v) is 9.01. The zero-order valence-corrected chi connectivity index (χ0v) is 13.0. The van der Waals surface area contributed by atoms with E-state index in [9.17, 15) is 13.7 Å². The molecule has 0 amide bonds. The number of halogens is 1. The van der Waals surface area contributed by atoms with E-state index >= 15 is 0 Å². The van der Waals surface area contributed by atoms with Gasteiger partial charge in [0.05, 0.1) is 11.1 Å². The molecule has 0 spiro atoms. The van der Waals surface area contributed by atoms with Gasteiger partial charge in [0.15, 0.2) is 0 Å². The summed E-state index contributed by atoms with van der Waals surface area (Å²) in [7, 11) is -0.885. The fourth-order valence-electron chi connectivity index (χ4n) is 3.95. The fourth-order valence-corrected chi connectivity index (χ4v) is 6.18. The minimum atomic E-state index is -1.21. The van der Waals surface area contributed by atoms with Gasteiger partial charge in [-0.15, -0.1) is 0 Å². The summed E-state index contributed by atoms with van der Waals surface area (Å²) in [5, 5.41) is 11.9. The third kappa shape index (κ3) is 2.18. The van der Waals surface area contributed by atoms with E-state index in [2.05, 4.69) is 4.98 Å². The molecule has 4 rings (SSSR count). The standard InChI is InChI=1S/C17H18FNO2S/c18-15-8-16-11(3-2-6-19-16)7-14(15)17(20)9-12-4-1-5-13(10-17)22(12)21/h2-3,6-8,12-13,20H,1,4-5,9-10H2. The first-order valence-electron chi connectivity index (χ1n) is 7.73. The molecule has 0 saturated carbocycles. The summed E-state index contributed by atoms with van der Waals surface area (Å²) in [6.07, 6.45) is 5.19. The summed E-state index contributed by atoms with van der Waals surface area (Å²) in [5.41, 5.74) is -0.286. The summed E-state index contributed by atoms with van der Waals surface area (Å²) < 4.78 is 26.9. The normalized spacial score (nSPS) is 34.7. The molecule has 2 bridgehead atoms. The van der Waals surface area contributed by atoms with Crippen molar-refractivity contribution in [1.82, 2.24) is 4.98 Å². The highest BCUT2D eigenvalue weighted by Gasteiger charge is 2.47. The number of rotatable bonds is 1. The van der Waals surface area contributed by atoms with Crippen molar-refractivity contribution in [3.8, 4) is 0 Å². The lowest BCUT2D eigenvalue weighted by atomic mass is 9.80. The number of hydrogen-bond acceptors (Lipinski definition) is 3. The smallest absolute Gasteiger partial charge is 0.131 e. The Morgan fingerprint density at radius 2 is 2.00 bits per heavy atom. The molecule has 1 aromatic heterocycles. The zero-order valence-electron chi connectivity index (χ0n) is 12.2. The van der Waals surface area contributed by atoms with E-state index in [0.29, 0.717) is 23.9 Å². The van der Waals surface area contributed by atoms with Crippen LogP contribution >= 0.6 is 0 Å². The minimum Gasteiger partial charge on any atom is -0.385 e. The number of benzene rings is 1. The quantitative estimate of drug-likeness (QED) is 0.879. The second-order valence-corrected chi connectivity index (χ2v) is 8.46. The van der Waals surface area contributed by atoms with Gasteiger partial charge < -0.3 is 5.11 Å². The first kappa shape index (κ1) is 14.3. The molecular formula is C17H18FNO2S. The zero-order chi connectivity index (χ0) is 15.3. The van der Waals surface area contributed by atoms with Gasteiger partial charge in [0.1, 0.15) is 5.82 Å². The monoisotopic (exact) mass is 319 g/mol. The van der Waals surface area contributed by atoms with Crippen LogP contribution in [0, 0.1) is 5.82 Å². The van der Waals surface area contributed by atoms with E-state index in [0.717, 1.165) is 24.6 Å². The van der Waals surface area contributed by atoms with E-state index < -0.39 is 22.2 Å². The van der Waals surface area contributed by atoms with Crippen molar-refractivity contribution in [2.75, 3.05) is 0 Å². The average Bonchev–Trinajstić information content (AvgIpc) is 2.48. The topological polar surface area (TPSA) is 50.2 Å². The van der Waals surface area contributed by atoms with E-state index in [-0.39, 0.29) is 10.5 Å². The van der Waals surface area contributed by atoms with Crippen LogP contribution in [0.3, 0.4) is 0 Å². The number of fused-ring (bicyclic) bond motifs is 3. The molecule has 0 aliphatic carbocycles. The summed E-state index contributed by atoms with van der Waals surface area (Å²) in [6.45, 7) is 0. The average molecular weight is 319 g/mol. The van der Waals surface area contributed by atoms with Crippen LogP contribution in [0.25, 0.3) is 10.9 Å². The second-order valence-electron chi connectivity index (χ2n) is 6.47. The van der Waals surface area contributed by atoms with Crippen LogP contribution in [0.15, 0.2) is 30.5 Å². The lowest BCUT2D eigenvalue weighted by Crippen LogP contribution is -2.47. The minimum absolute atomic E-state index is 0.0125. The van der Waals surface area contributed by atoms with Crippen molar-refractivity contribution < 1.29 is 13.7 Å². The molecule has 3 heterocycles. The van der Waals surface area contributed by atoms with E-state index in [4.69, 9.17) is 0 Å². The van der Waals surface area contributed by atoms with Crippen molar-refractivity contribution in [1.29, 1.82) is 0 Å². The Balaban J connectivity index is 1.80. The highest BCUT2D eigenvalue weighted by atomic mass is 32.2. The van der Waals surface area contributed by atoms with Crippen molar-refractivity contribution in [3.05, 3.63) is 41.8 Å². The lowest BCUT2D eigenvalue weighted by Gasteiger charge is -2.43. The largest absolute Gasteiger partial charge is 0.385 e. The van der Waals surface area contributed by atoms with Crippen LogP contribution in [-0.2, 0) is 16.4 Å². The Kier molecular flexibility index (Phi) is 3.31. The van der Waals surface area contributed by atoms with Gasteiger partial charge in [-0.05, 0) is 37.8 Å². The number of pyridine rings is 1. The van der Waals surface area contributed by atoms with Gasteiger partial charge in [0.25, 0.3) is 0 Å². The van der Waals surface area contributed by atoms with Crippen LogP contribution in [0.1, 0.15) is 37.7 Å². The first-order chi connectivity index (χ1) is 10.6. The molecule has 1 N–H and O–H groups in total. The van der Waals surface area contributed by atoms with Crippen LogP contribution in [0.2, 0.25) is 0 Å². The summed E-state index contributed by atoms with van der Waals surface area (Å²) in [4.78, 5) is 4.15. The highest BCUT2D eigenvalue weighted by Crippen LogP contribution is 2.45. The Morgan fingerprint density at radius 1 is 1.27 bits per heavy atom. The Bertz CT molecular complexity index is 747. The molecule has 2 fully saturated rings. The second kappa shape index (κ2) is 5.10. The molecule has 116 valence electrons. The maximum atomic E-state index is 14.5. The molecule has 5 heteroatoms. The van der Waals surface area contributed by atoms with Gasteiger partial charge in [-0.3, -0.25) is 9.19 Å². The third-order valence-electron chi connectivity index (χ3n) is 5.03. The molecule has 2 unspecified atom stereocenters. The number of hydrogen-bond donors (Lipinski definition) is 1. The van der Waals surface area contributed by atoms with Crippen molar-refractivity contribution in [2.24, 2.45) is 0 Å². The SMILES string of the molecule is O=S1C2CCCC1CC(O)(c1cc3cccnc3cc1F)C2. The summed E-state index contributed by atoms with van der Waals surface area (Å²) in [5.74, 6) is -0.417. The summed E-state index contributed by atoms with van der Waals surface area (Å²) in [6, 6.07) is 6.78. The number of aliphatic hydroxyl groups is 1. The van der Waals surface area contributed by atoms with E-state index in [1.807, 2.05) is 6.07 Å². The Labute approximate surface area is 131 Å². The fraction of sp³-hybridized carbons (Fsp3) is 0.471. The Morgan fingerprint density at radius 3 is 2.73 bits per heavy atom. The van der Waals surface area contributed by atoms with Crippen LogP contribution in [0.4, 0.5) is 4.39 Å². The van der Waals surface area contributed by atoms with Gasteiger partial charge in [0, 0.05) is 44.5 Å². The van der Waals surface area contributed by atoms with Crippen molar-refractivity contribution >= 4 is 21.7 Å². The molecule has 3 nitrogen and oxygen atoms in total. The van der Waals surface area contributed by atoms with Crippen LogP contribution in [0.5, 0.6) is 0 Å². The van der Waals surface area contributed by atoms with E-state index in [1.165, 1.54) is 6.07 Å². The third-order valence-corrected chi connectivity index (χ3v) is 7.15. The molecule has 2 atom stereocenters. The van der Waals surface area contributed by atoms with Gasteiger partial charge in [-0.2, -0.15) is 0 Å². The predicted molar refractivity (Wildman–Crippen MR) is 84.4 cm³/mol. The molecule has 1 aromatic carbocycles. The molecule has 22 heavy (non-hydrogen) atoms. The molecule has 2 aliphatic rings. The van der Waals surface area contributed by atoms with E-state index in [1.54, 1.807) is 18.3 Å². The predicted octanol–water partition coefficient (Wildman–Crippen LogP) is 3.03. The van der Waals surface area contributed by atoms with Gasteiger partial charge >= 0.3 is 0 Å². The van der Waals surface area contributed by atoms with Crippen molar-refractivity contribution in [3.63, 3.8) is 0 Å². The van der Waals surface area contributed by atoms with Crippen LogP contribution < -0.4 is 0 Å². The Hall–Kier alpha value is -1.33. The van der Waals surface area contributed by atoms with Gasteiger partial charge in [-0.1, -0.05) is 12.5 Å². The number of aromatic nitrogens is 1. The molecule has 0 radical (unpaired) electrons. The van der Waals surface area contributed by atoms with Crippen LogP contribution in [-0.4, -0.2) is 24.8 Å². The lowest BCUT2D eigenvalue weighted by molar-refractivity contribution is 0.00351. The maximum Gasteiger partial charge on any atom is 0.131 e. The maximum absolute atomic E-state index is 14.5. The number of nitrogens with zero attached hydrogens (tertiary/aromatic N) is 1. The molecule has 2 aromatic rings. The van der Waals surface area contributed by atoms with Crippen molar-refractivity contribution in [2.45, 2.75) is 48.2 Å². The molecule has 2 aliphatic heterocycles. The van der Waals surface area contributed by atoms with Gasteiger partial charge in [-0.25, -0.2) is 4.39 Å². The van der Waals surface area contributed by atoms with Gasteiger partial charge in [0.2, 0.25) is 0 Å². The molecular weight excluding hydrogens is 301 g/mol. The highest BCUT2D eigenvalue weighted by molar-refractivity contribution is 7.86.